The maximum absolute atomic E-state index is 13.6. The van der Waals surface area contributed by atoms with Crippen LogP contribution in [0, 0.1) is 11.7 Å². The predicted octanol–water partition coefficient (Wildman–Crippen LogP) is 4.49. The Morgan fingerprint density at radius 2 is 1.90 bits per heavy atom. The lowest BCUT2D eigenvalue weighted by atomic mass is 10.1. The molecule has 1 atom stereocenters. The van der Waals surface area contributed by atoms with Gasteiger partial charge in [-0.1, -0.05) is 6.07 Å². The number of carbonyl (C=O) groups excluding carboxylic acids is 1. The summed E-state index contributed by atoms with van der Waals surface area (Å²) in [6, 6.07) is 11.7. The van der Waals surface area contributed by atoms with Crippen molar-refractivity contribution in [1.29, 1.82) is 0 Å². The summed E-state index contributed by atoms with van der Waals surface area (Å²) in [4.78, 5) is 28.3. The minimum atomic E-state index is -0.319. The Kier molecular flexibility index (Phi) is 4.86. The normalized spacial score (nSPS) is 18.4. The molecular weight excluding hydrogens is 381 g/mol. The summed E-state index contributed by atoms with van der Waals surface area (Å²) in [5.74, 6) is 1.26. The first-order chi connectivity index (χ1) is 14.7. The van der Waals surface area contributed by atoms with E-state index in [-0.39, 0.29) is 23.7 Å². The van der Waals surface area contributed by atoms with Gasteiger partial charge in [-0.15, -0.1) is 0 Å². The Morgan fingerprint density at radius 1 is 1.07 bits per heavy atom. The molecule has 2 aromatic heterocycles. The second-order valence-corrected chi connectivity index (χ2v) is 7.83. The van der Waals surface area contributed by atoms with Gasteiger partial charge in [0.2, 0.25) is 5.91 Å². The standard InChI is InChI=1S/C23H22FN5O/c24-17-3-1-4-18(13-17)26-21-14-19(15-8-10-25-11-9-15)27-22(28-21)20-5-2-12-29(20)23(30)16-6-7-16/h1,3-4,8-11,13-14,16,20H,2,5-7,12H2,(H,26,27,28)/t20-/m1/s1. The number of halogens is 1. The number of benzene rings is 1. The highest BCUT2D eigenvalue weighted by Crippen LogP contribution is 2.38. The molecule has 0 radical (unpaired) electrons. The molecule has 30 heavy (non-hydrogen) atoms. The molecule has 1 N–H and O–H groups in total. The highest BCUT2D eigenvalue weighted by atomic mass is 19.1. The van der Waals surface area contributed by atoms with Crippen molar-refractivity contribution in [2.45, 2.75) is 31.7 Å². The van der Waals surface area contributed by atoms with Gasteiger partial charge in [0.05, 0.1) is 11.7 Å². The van der Waals surface area contributed by atoms with Crippen molar-refractivity contribution in [3.05, 3.63) is 66.5 Å². The molecule has 1 saturated heterocycles. The molecule has 5 rings (SSSR count). The fraction of sp³-hybridized carbons (Fsp3) is 0.304. The summed E-state index contributed by atoms with van der Waals surface area (Å²) in [5, 5.41) is 3.19. The van der Waals surface area contributed by atoms with E-state index in [0.717, 1.165) is 43.5 Å². The molecular formula is C23H22FN5O. The lowest BCUT2D eigenvalue weighted by Gasteiger charge is -2.24. The van der Waals surface area contributed by atoms with Gasteiger partial charge in [-0.05, 0) is 56.0 Å². The highest BCUT2D eigenvalue weighted by molar-refractivity contribution is 5.81. The zero-order valence-corrected chi connectivity index (χ0v) is 16.5. The number of pyridine rings is 1. The number of likely N-dealkylation sites (tertiary alicyclic amines) is 1. The second kappa shape index (κ2) is 7.82. The number of hydrogen-bond acceptors (Lipinski definition) is 5. The molecule has 2 fully saturated rings. The van der Waals surface area contributed by atoms with Crippen LogP contribution < -0.4 is 5.32 Å². The molecule has 0 unspecified atom stereocenters. The van der Waals surface area contributed by atoms with Crippen molar-refractivity contribution in [3.63, 3.8) is 0 Å². The van der Waals surface area contributed by atoms with Crippen LogP contribution in [0.25, 0.3) is 11.3 Å². The first kappa shape index (κ1) is 18.7. The van der Waals surface area contributed by atoms with Gasteiger partial charge in [0.15, 0.2) is 5.82 Å². The van der Waals surface area contributed by atoms with Crippen molar-refractivity contribution < 1.29 is 9.18 Å². The molecule has 7 heteroatoms. The number of amides is 1. The number of anilines is 2. The monoisotopic (exact) mass is 403 g/mol. The lowest BCUT2D eigenvalue weighted by Crippen LogP contribution is -2.32. The second-order valence-electron chi connectivity index (χ2n) is 7.83. The van der Waals surface area contributed by atoms with Gasteiger partial charge in [-0.2, -0.15) is 0 Å². The van der Waals surface area contributed by atoms with E-state index in [2.05, 4.69) is 10.3 Å². The Morgan fingerprint density at radius 3 is 2.67 bits per heavy atom. The first-order valence-electron chi connectivity index (χ1n) is 10.3. The molecule has 3 aromatic rings. The fourth-order valence-corrected chi connectivity index (χ4v) is 3.93. The molecule has 152 valence electrons. The summed E-state index contributed by atoms with van der Waals surface area (Å²) in [6.07, 6.45) is 7.18. The molecule has 1 aromatic carbocycles. The van der Waals surface area contributed by atoms with Crippen LogP contribution in [-0.4, -0.2) is 32.3 Å². The topological polar surface area (TPSA) is 71.0 Å². The average Bonchev–Trinajstić information content (AvgIpc) is 3.50. The summed E-state index contributed by atoms with van der Waals surface area (Å²) < 4.78 is 13.6. The SMILES string of the molecule is O=C(C1CC1)N1CCC[C@@H]1c1nc(Nc2cccc(F)c2)cc(-c2ccncc2)n1. The third-order valence-electron chi connectivity index (χ3n) is 5.58. The predicted molar refractivity (Wildman–Crippen MR) is 111 cm³/mol. The summed E-state index contributed by atoms with van der Waals surface area (Å²) in [7, 11) is 0. The van der Waals surface area contributed by atoms with E-state index in [9.17, 15) is 9.18 Å². The van der Waals surface area contributed by atoms with E-state index < -0.39 is 0 Å². The highest BCUT2D eigenvalue weighted by Gasteiger charge is 2.40. The van der Waals surface area contributed by atoms with E-state index in [0.29, 0.717) is 17.3 Å². The van der Waals surface area contributed by atoms with E-state index in [1.807, 2.05) is 23.1 Å². The van der Waals surface area contributed by atoms with Crippen LogP contribution in [0.3, 0.4) is 0 Å². The number of nitrogens with zero attached hydrogens (tertiary/aromatic N) is 4. The van der Waals surface area contributed by atoms with Gasteiger partial charge in [0.1, 0.15) is 11.6 Å². The van der Waals surface area contributed by atoms with Gasteiger partial charge in [0.25, 0.3) is 0 Å². The summed E-state index contributed by atoms with van der Waals surface area (Å²) >= 11 is 0. The van der Waals surface area contributed by atoms with Crippen LogP contribution in [0.5, 0.6) is 0 Å². The molecule has 1 amide bonds. The maximum atomic E-state index is 13.6. The lowest BCUT2D eigenvalue weighted by molar-refractivity contribution is -0.133. The van der Waals surface area contributed by atoms with E-state index in [1.54, 1.807) is 24.5 Å². The third kappa shape index (κ3) is 3.87. The Hall–Kier alpha value is -3.35. The maximum Gasteiger partial charge on any atom is 0.226 e. The van der Waals surface area contributed by atoms with Crippen molar-refractivity contribution in [2.75, 3.05) is 11.9 Å². The fourth-order valence-electron chi connectivity index (χ4n) is 3.93. The molecule has 2 aliphatic rings. The Bertz CT molecular complexity index is 1070. The van der Waals surface area contributed by atoms with E-state index >= 15 is 0 Å². The van der Waals surface area contributed by atoms with Crippen molar-refractivity contribution in [3.8, 4) is 11.3 Å². The third-order valence-corrected chi connectivity index (χ3v) is 5.58. The molecule has 6 nitrogen and oxygen atoms in total. The van der Waals surface area contributed by atoms with Gasteiger partial charge >= 0.3 is 0 Å². The number of carbonyl (C=O) groups is 1. The van der Waals surface area contributed by atoms with E-state index in [4.69, 9.17) is 9.97 Å². The minimum absolute atomic E-state index is 0.132. The van der Waals surface area contributed by atoms with Gasteiger partial charge in [-0.25, -0.2) is 14.4 Å². The van der Waals surface area contributed by atoms with Crippen molar-refractivity contribution in [2.24, 2.45) is 5.92 Å². The van der Waals surface area contributed by atoms with Gasteiger partial charge < -0.3 is 10.2 Å². The van der Waals surface area contributed by atoms with Crippen LogP contribution in [0.2, 0.25) is 0 Å². The largest absolute Gasteiger partial charge is 0.340 e. The Balaban J connectivity index is 1.53. The van der Waals surface area contributed by atoms with Crippen molar-refractivity contribution >= 4 is 17.4 Å². The first-order valence-corrected chi connectivity index (χ1v) is 10.3. The minimum Gasteiger partial charge on any atom is -0.340 e. The number of rotatable bonds is 5. The van der Waals surface area contributed by atoms with Crippen LogP contribution in [0.1, 0.15) is 37.5 Å². The van der Waals surface area contributed by atoms with Crippen LogP contribution in [0.4, 0.5) is 15.9 Å². The summed E-state index contributed by atoms with van der Waals surface area (Å²) in [6.45, 7) is 0.746. The molecule has 1 aliphatic heterocycles. The smallest absolute Gasteiger partial charge is 0.226 e. The number of aromatic nitrogens is 3. The van der Waals surface area contributed by atoms with Gasteiger partial charge in [-0.3, -0.25) is 9.78 Å². The van der Waals surface area contributed by atoms with E-state index in [1.165, 1.54) is 12.1 Å². The average molecular weight is 403 g/mol. The molecule has 0 spiro atoms. The van der Waals surface area contributed by atoms with Crippen LogP contribution in [0.15, 0.2) is 54.9 Å². The molecule has 1 aliphatic carbocycles. The number of hydrogen-bond donors (Lipinski definition) is 1. The summed E-state index contributed by atoms with van der Waals surface area (Å²) in [5.41, 5.74) is 2.26. The quantitative estimate of drug-likeness (QED) is 0.679. The van der Waals surface area contributed by atoms with Crippen LogP contribution >= 0.6 is 0 Å². The van der Waals surface area contributed by atoms with Gasteiger partial charge in [0, 0.05) is 42.2 Å². The molecule has 0 bridgehead atoms. The number of nitrogens with one attached hydrogen (secondary N) is 1. The zero-order chi connectivity index (χ0) is 20.5. The Labute approximate surface area is 174 Å². The molecule has 1 saturated carbocycles. The zero-order valence-electron chi connectivity index (χ0n) is 16.5. The molecule has 3 heterocycles. The van der Waals surface area contributed by atoms with Crippen molar-refractivity contribution in [1.82, 2.24) is 19.9 Å². The van der Waals surface area contributed by atoms with Crippen LogP contribution in [-0.2, 0) is 4.79 Å².